The van der Waals surface area contributed by atoms with Crippen LogP contribution in [0.15, 0.2) is 146 Å². The van der Waals surface area contributed by atoms with Gasteiger partial charge in [-0.25, -0.2) is 0 Å². The number of nitrogens with zero attached hydrogens (tertiary/aromatic N) is 2. The minimum absolute atomic E-state index is 0.0158. The van der Waals surface area contributed by atoms with Crippen LogP contribution in [0, 0.1) is 17.8 Å². The lowest BCUT2D eigenvalue weighted by atomic mass is 9.33. The van der Waals surface area contributed by atoms with Gasteiger partial charge in [-0.3, -0.25) is 0 Å². The highest BCUT2D eigenvalue weighted by Gasteiger charge is 2.53. The topological polar surface area (TPSA) is 6.48 Å². The van der Waals surface area contributed by atoms with Gasteiger partial charge in [0.1, 0.15) is 0 Å². The van der Waals surface area contributed by atoms with Crippen molar-refractivity contribution >= 4 is 57.2 Å². The lowest BCUT2D eigenvalue weighted by molar-refractivity contribution is -0.00514. The predicted octanol–water partition coefficient (Wildman–Crippen LogP) is 15.5. The third-order valence-corrected chi connectivity index (χ3v) is 18.4. The monoisotopic (exact) mass is 901 g/mol. The van der Waals surface area contributed by atoms with Crippen LogP contribution >= 0.6 is 0 Å². The third kappa shape index (κ3) is 6.50. The molecular weight excluding hydrogens is 832 g/mol. The van der Waals surface area contributed by atoms with E-state index in [0.717, 1.165) is 17.8 Å². The molecule has 0 N–H and O–H groups in total. The molecule has 3 heterocycles. The van der Waals surface area contributed by atoms with Crippen LogP contribution in [-0.2, 0) is 27.1 Å². The summed E-state index contributed by atoms with van der Waals surface area (Å²) in [4.78, 5) is 5.45. The SMILES string of the molecule is CC(C)(C)c1ccc(N2c3ccc(C(C)(C)C)cc3B3c4ccc5cc4N(c4ccc(C(C)(C)C)cc4-c4cccc(c4)C5(C)c4ccccc4)c4cc(C56CC7CC(CC(C7)C5)C6)cc2c43)cc1. The highest BCUT2D eigenvalue weighted by molar-refractivity contribution is 7.00. The normalized spacial score (nSPS) is 23.9. The first kappa shape index (κ1) is 43.2. The van der Waals surface area contributed by atoms with Crippen LogP contribution in [-0.4, -0.2) is 6.71 Å². The van der Waals surface area contributed by atoms with E-state index < -0.39 is 5.41 Å². The smallest absolute Gasteiger partial charge is 0.252 e. The Morgan fingerprint density at radius 2 is 0.986 bits per heavy atom. The van der Waals surface area contributed by atoms with Crippen molar-refractivity contribution in [2.24, 2.45) is 17.8 Å². The first-order valence-corrected chi connectivity index (χ1v) is 26.4. The van der Waals surface area contributed by atoms with Gasteiger partial charge in [0, 0.05) is 39.4 Å². The predicted molar refractivity (Wildman–Crippen MR) is 294 cm³/mol. The number of rotatable bonds is 3. The average molecular weight is 901 g/mol. The molecule has 0 saturated heterocycles. The second kappa shape index (κ2) is 14.6. The molecule has 0 amide bonds. The Kier molecular flexibility index (Phi) is 9.17. The maximum atomic E-state index is 2.77. The van der Waals surface area contributed by atoms with E-state index in [1.54, 1.807) is 5.56 Å². The van der Waals surface area contributed by atoms with Crippen molar-refractivity contribution in [1.29, 1.82) is 0 Å². The maximum absolute atomic E-state index is 2.77. The molecule has 14 rings (SSSR count). The lowest BCUT2D eigenvalue weighted by Crippen LogP contribution is -2.62. The fraction of sp³-hybridized carbons (Fsp3) is 0.364. The van der Waals surface area contributed by atoms with Gasteiger partial charge in [0.2, 0.25) is 0 Å². The van der Waals surface area contributed by atoms with Gasteiger partial charge < -0.3 is 9.80 Å². The van der Waals surface area contributed by atoms with Crippen molar-refractivity contribution in [2.75, 3.05) is 9.80 Å². The van der Waals surface area contributed by atoms with E-state index in [4.69, 9.17) is 0 Å². The minimum atomic E-state index is -0.399. The summed E-state index contributed by atoms with van der Waals surface area (Å²) in [5.41, 5.74) is 24.1. The number of anilines is 6. The summed E-state index contributed by atoms with van der Waals surface area (Å²) in [6.45, 7) is 23.7. The zero-order valence-electron chi connectivity index (χ0n) is 42.8. The molecule has 2 nitrogen and oxygen atoms in total. The standard InChI is InChI=1S/C66H69BN2/c1-62(2,3)45-19-24-52(25-20-45)68-57-28-23-48(64(7,8)9)34-55(57)67-54-26-21-50-35-58(54)69(60-37-51(36-59(68)61(60)67)66-38-41-29-42(39-66)31-43(30-41)40-66)56-27-22-47(63(4,5)6)33-53(56)44-15-14-18-49(32-44)65(50,10)46-16-12-11-13-17-46/h11-28,32-37,41-43H,29-31,38-40H2,1-10H3. The van der Waals surface area contributed by atoms with Gasteiger partial charge >= 0.3 is 0 Å². The molecule has 0 spiro atoms. The number of hydrogen-bond acceptors (Lipinski definition) is 2. The van der Waals surface area contributed by atoms with Gasteiger partial charge in [-0.2, -0.15) is 0 Å². The summed E-state index contributed by atoms with van der Waals surface area (Å²) < 4.78 is 0. The van der Waals surface area contributed by atoms with E-state index in [-0.39, 0.29) is 28.4 Å². The molecular formula is C66H69BN2. The van der Waals surface area contributed by atoms with Gasteiger partial charge in [0.15, 0.2) is 0 Å². The molecule has 7 aromatic carbocycles. The van der Waals surface area contributed by atoms with Crippen molar-refractivity contribution in [2.45, 2.75) is 135 Å². The Morgan fingerprint density at radius 3 is 1.62 bits per heavy atom. The van der Waals surface area contributed by atoms with Gasteiger partial charge in [0.05, 0.1) is 5.69 Å². The van der Waals surface area contributed by atoms with Gasteiger partial charge in [-0.15, -0.1) is 0 Å². The number of hydrogen-bond donors (Lipinski definition) is 0. The molecule has 346 valence electrons. The molecule has 69 heavy (non-hydrogen) atoms. The van der Waals surface area contributed by atoms with E-state index in [9.17, 15) is 0 Å². The molecule has 0 radical (unpaired) electrons. The van der Waals surface area contributed by atoms with Crippen LogP contribution in [0.2, 0.25) is 0 Å². The first-order valence-electron chi connectivity index (χ1n) is 26.4. The Labute approximate surface area is 413 Å². The van der Waals surface area contributed by atoms with Crippen LogP contribution in [0.4, 0.5) is 34.1 Å². The van der Waals surface area contributed by atoms with Crippen molar-refractivity contribution in [1.82, 2.24) is 0 Å². The highest BCUT2D eigenvalue weighted by atomic mass is 15.2. The van der Waals surface area contributed by atoms with Crippen LogP contribution in [0.5, 0.6) is 0 Å². The van der Waals surface area contributed by atoms with Crippen LogP contribution in [0.25, 0.3) is 11.1 Å². The second-order valence-corrected chi connectivity index (χ2v) is 25.9. The largest absolute Gasteiger partial charge is 0.311 e. The molecule has 4 aliphatic carbocycles. The first-order chi connectivity index (χ1) is 32.9. The van der Waals surface area contributed by atoms with Crippen LogP contribution < -0.4 is 26.2 Å². The van der Waals surface area contributed by atoms with Crippen molar-refractivity contribution in [3.05, 3.63) is 185 Å². The molecule has 8 bridgehead atoms. The maximum Gasteiger partial charge on any atom is 0.252 e. The summed E-state index contributed by atoms with van der Waals surface area (Å²) in [7, 11) is 0. The average Bonchev–Trinajstić information content (AvgIpc) is 3.32. The Bertz CT molecular complexity index is 3190. The number of benzene rings is 7. The number of fused-ring (bicyclic) bond motifs is 10. The fourth-order valence-electron chi connectivity index (χ4n) is 14.9. The van der Waals surface area contributed by atoms with Crippen LogP contribution in [0.1, 0.15) is 147 Å². The van der Waals surface area contributed by atoms with E-state index in [1.165, 1.54) is 134 Å². The molecule has 3 heteroatoms. The molecule has 7 aromatic rings. The zero-order chi connectivity index (χ0) is 47.6. The van der Waals surface area contributed by atoms with Crippen molar-refractivity contribution in [3.63, 3.8) is 0 Å². The summed E-state index contributed by atoms with van der Waals surface area (Å²) in [5, 5.41) is 0. The Balaban J connectivity index is 1.17. The summed E-state index contributed by atoms with van der Waals surface area (Å²) in [6, 6.07) is 58.6. The lowest BCUT2D eigenvalue weighted by Gasteiger charge is -2.57. The van der Waals surface area contributed by atoms with E-state index in [1.807, 2.05) is 0 Å². The molecule has 1 unspecified atom stereocenters. The Hall–Kier alpha value is -5.80. The van der Waals surface area contributed by atoms with Crippen LogP contribution in [0.3, 0.4) is 0 Å². The van der Waals surface area contributed by atoms with Gasteiger partial charge in [-0.05, 0) is 200 Å². The molecule has 7 aliphatic rings. The van der Waals surface area contributed by atoms with E-state index >= 15 is 0 Å². The molecule has 4 saturated carbocycles. The van der Waals surface area contributed by atoms with E-state index in [2.05, 4.69) is 225 Å². The molecule has 4 fully saturated rings. The summed E-state index contributed by atoms with van der Waals surface area (Å²) in [6.07, 6.45) is 8.25. The highest BCUT2D eigenvalue weighted by Crippen LogP contribution is 2.62. The zero-order valence-corrected chi connectivity index (χ0v) is 42.8. The fourth-order valence-corrected chi connectivity index (χ4v) is 14.9. The minimum Gasteiger partial charge on any atom is -0.311 e. The quantitative estimate of drug-likeness (QED) is 0.163. The summed E-state index contributed by atoms with van der Waals surface area (Å²) in [5.74, 6) is 2.52. The second-order valence-electron chi connectivity index (χ2n) is 25.9. The molecule has 1 atom stereocenters. The summed E-state index contributed by atoms with van der Waals surface area (Å²) >= 11 is 0. The third-order valence-electron chi connectivity index (χ3n) is 18.4. The van der Waals surface area contributed by atoms with Gasteiger partial charge in [0.25, 0.3) is 6.71 Å². The van der Waals surface area contributed by atoms with E-state index in [0.29, 0.717) is 0 Å². The van der Waals surface area contributed by atoms with Crippen molar-refractivity contribution < 1.29 is 0 Å². The van der Waals surface area contributed by atoms with Crippen molar-refractivity contribution in [3.8, 4) is 11.1 Å². The van der Waals surface area contributed by atoms with Gasteiger partial charge in [-0.1, -0.05) is 153 Å². The molecule has 0 aromatic heterocycles. The Morgan fingerprint density at radius 1 is 0.435 bits per heavy atom. The molecule has 3 aliphatic heterocycles.